The molecule has 0 N–H and O–H groups in total. The first-order valence-corrected chi connectivity index (χ1v) is 6.37. The molecule has 0 bridgehead atoms. The van der Waals surface area contributed by atoms with Crippen molar-refractivity contribution in [1.82, 2.24) is 4.90 Å². The van der Waals surface area contributed by atoms with Crippen molar-refractivity contribution in [3.8, 4) is 0 Å². The van der Waals surface area contributed by atoms with Crippen LogP contribution < -0.4 is 0 Å². The Morgan fingerprint density at radius 1 is 1.20 bits per heavy atom. The van der Waals surface area contributed by atoms with Gasteiger partial charge in [-0.15, -0.1) is 0 Å². The van der Waals surface area contributed by atoms with Gasteiger partial charge in [0.05, 0.1) is 5.54 Å². The zero-order valence-electron chi connectivity index (χ0n) is 10.7. The number of Topliss-reactive ketones (excluding diaryl/α,β-unsaturated/α-hetero) is 1. The summed E-state index contributed by atoms with van der Waals surface area (Å²) < 4.78 is 0. The van der Waals surface area contributed by atoms with Crippen LogP contribution in [-0.4, -0.2) is 29.3 Å². The average molecular weight is 211 g/mol. The number of ketones is 1. The quantitative estimate of drug-likeness (QED) is 0.697. The van der Waals surface area contributed by atoms with Crippen molar-refractivity contribution >= 4 is 5.78 Å². The molecule has 1 aliphatic rings. The minimum Gasteiger partial charge on any atom is -0.297 e. The van der Waals surface area contributed by atoms with Gasteiger partial charge in [-0.1, -0.05) is 27.7 Å². The van der Waals surface area contributed by atoms with Crippen molar-refractivity contribution in [3.63, 3.8) is 0 Å². The van der Waals surface area contributed by atoms with Crippen LogP contribution in [0.3, 0.4) is 0 Å². The number of nitrogens with zero attached hydrogens (tertiary/aromatic N) is 1. The molecule has 0 saturated carbocycles. The number of hydrogen-bond donors (Lipinski definition) is 0. The molecular formula is C13H25NO. The highest BCUT2D eigenvalue weighted by Crippen LogP contribution is 2.31. The van der Waals surface area contributed by atoms with Gasteiger partial charge in [0.25, 0.3) is 0 Å². The number of rotatable bonds is 5. The summed E-state index contributed by atoms with van der Waals surface area (Å²) in [7, 11) is 0. The SMILES string of the molecule is CCC(CC)(C(=O)C(C)C)N1CCCC1. The summed E-state index contributed by atoms with van der Waals surface area (Å²) in [6.07, 6.45) is 4.43. The molecule has 0 atom stereocenters. The number of hydrogen-bond acceptors (Lipinski definition) is 2. The monoisotopic (exact) mass is 211 g/mol. The molecular weight excluding hydrogens is 186 g/mol. The third-order valence-corrected chi connectivity index (χ3v) is 3.86. The molecule has 1 fully saturated rings. The minimum absolute atomic E-state index is 0.158. The summed E-state index contributed by atoms with van der Waals surface area (Å²) >= 11 is 0. The summed E-state index contributed by atoms with van der Waals surface area (Å²) in [5.41, 5.74) is -0.162. The molecule has 0 amide bonds. The molecule has 2 heteroatoms. The van der Waals surface area contributed by atoms with E-state index in [1.807, 2.05) is 13.8 Å². The maximum absolute atomic E-state index is 12.4. The molecule has 0 aromatic rings. The molecule has 15 heavy (non-hydrogen) atoms. The second-order valence-corrected chi connectivity index (χ2v) is 4.95. The Morgan fingerprint density at radius 2 is 1.67 bits per heavy atom. The van der Waals surface area contributed by atoms with Crippen LogP contribution in [0.4, 0.5) is 0 Å². The van der Waals surface area contributed by atoms with E-state index in [9.17, 15) is 4.79 Å². The van der Waals surface area contributed by atoms with Crippen molar-refractivity contribution in [3.05, 3.63) is 0 Å². The number of likely N-dealkylation sites (tertiary alicyclic amines) is 1. The van der Waals surface area contributed by atoms with Crippen LogP contribution in [0.15, 0.2) is 0 Å². The molecule has 1 heterocycles. The summed E-state index contributed by atoms with van der Waals surface area (Å²) in [6, 6.07) is 0. The van der Waals surface area contributed by atoms with Crippen molar-refractivity contribution in [1.29, 1.82) is 0 Å². The molecule has 0 aliphatic carbocycles. The molecule has 2 nitrogen and oxygen atoms in total. The Kier molecular flexibility index (Phi) is 4.32. The van der Waals surface area contributed by atoms with E-state index in [4.69, 9.17) is 0 Å². The van der Waals surface area contributed by atoms with E-state index in [0.29, 0.717) is 5.78 Å². The van der Waals surface area contributed by atoms with E-state index < -0.39 is 0 Å². The molecule has 0 aromatic heterocycles. The third kappa shape index (κ3) is 2.25. The summed E-state index contributed by atoms with van der Waals surface area (Å²) in [5, 5.41) is 0. The van der Waals surface area contributed by atoms with Crippen LogP contribution in [0.1, 0.15) is 53.4 Å². The van der Waals surface area contributed by atoms with Gasteiger partial charge in [-0.25, -0.2) is 0 Å². The Hall–Kier alpha value is -0.370. The molecule has 1 saturated heterocycles. The fourth-order valence-corrected chi connectivity index (χ4v) is 2.88. The van der Waals surface area contributed by atoms with Crippen LogP contribution in [0.2, 0.25) is 0 Å². The normalized spacial score (nSPS) is 18.7. The lowest BCUT2D eigenvalue weighted by molar-refractivity contribution is -0.134. The third-order valence-electron chi connectivity index (χ3n) is 3.86. The minimum atomic E-state index is -0.162. The maximum atomic E-state index is 12.4. The Balaban J connectivity index is 2.89. The highest BCUT2D eigenvalue weighted by atomic mass is 16.1. The van der Waals surface area contributed by atoms with Crippen molar-refractivity contribution in [2.45, 2.75) is 58.9 Å². The van der Waals surface area contributed by atoms with E-state index >= 15 is 0 Å². The number of carbonyl (C=O) groups is 1. The Labute approximate surface area is 94.0 Å². The molecule has 0 radical (unpaired) electrons. The maximum Gasteiger partial charge on any atom is 0.155 e. The van der Waals surface area contributed by atoms with Crippen molar-refractivity contribution < 1.29 is 4.79 Å². The first-order valence-electron chi connectivity index (χ1n) is 6.37. The Morgan fingerprint density at radius 3 is 2.00 bits per heavy atom. The average Bonchev–Trinajstić information content (AvgIpc) is 2.74. The van der Waals surface area contributed by atoms with Crippen molar-refractivity contribution in [2.75, 3.05) is 13.1 Å². The highest BCUT2D eigenvalue weighted by molar-refractivity contribution is 5.89. The van der Waals surface area contributed by atoms with Gasteiger partial charge in [-0.05, 0) is 38.8 Å². The lowest BCUT2D eigenvalue weighted by atomic mass is 9.81. The van der Waals surface area contributed by atoms with E-state index in [2.05, 4.69) is 18.7 Å². The van der Waals surface area contributed by atoms with Gasteiger partial charge in [-0.2, -0.15) is 0 Å². The van der Waals surface area contributed by atoms with Gasteiger partial charge in [-0.3, -0.25) is 9.69 Å². The van der Waals surface area contributed by atoms with Crippen LogP contribution in [-0.2, 0) is 4.79 Å². The standard InChI is InChI=1S/C13H25NO/c1-5-13(6-2,12(15)11(3)4)14-9-7-8-10-14/h11H,5-10H2,1-4H3. The van der Waals surface area contributed by atoms with E-state index in [1.165, 1.54) is 12.8 Å². The van der Waals surface area contributed by atoms with E-state index in [0.717, 1.165) is 25.9 Å². The van der Waals surface area contributed by atoms with Gasteiger partial charge in [0.15, 0.2) is 5.78 Å². The fourth-order valence-electron chi connectivity index (χ4n) is 2.88. The summed E-state index contributed by atoms with van der Waals surface area (Å²) in [6.45, 7) is 10.6. The molecule has 0 aromatic carbocycles. The van der Waals surface area contributed by atoms with Gasteiger partial charge < -0.3 is 0 Å². The van der Waals surface area contributed by atoms with E-state index in [1.54, 1.807) is 0 Å². The molecule has 1 aliphatic heterocycles. The first kappa shape index (κ1) is 12.7. The summed E-state index contributed by atoms with van der Waals surface area (Å²) in [5.74, 6) is 0.597. The van der Waals surface area contributed by atoms with Crippen LogP contribution in [0, 0.1) is 5.92 Å². The van der Waals surface area contributed by atoms with Crippen LogP contribution >= 0.6 is 0 Å². The van der Waals surface area contributed by atoms with Gasteiger partial charge in [0.1, 0.15) is 0 Å². The lowest BCUT2D eigenvalue weighted by Crippen LogP contribution is -2.54. The Bertz CT molecular complexity index is 213. The van der Waals surface area contributed by atoms with Crippen LogP contribution in [0.25, 0.3) is 0 Å². The predicted molar refractivity (Wildman–Crippen MR) is 64.0 cm³/mol. The topological polar surface area (TPSA) is 20.3 Å². The fraction of sp³-hybridized carbons (Fsp3) is 0.923. The number of carbonyl (C=O) groups excluding carboxylic acids is 1. The van der Waals surface area contributed by atoms with Gasteiger partial charge in [0.2, 0.25) is 0 Å². The molecule has 88 valence electrons. The smallest absolute Gasteiger partial charge is 0.155 e. The first-order chi connectivity index (χ1) is 7.08. The summed E-state index contributed by atoms with van der Waals surface area (Å²) in [4.78, 5) is 14.8. The van der Waals surface area contributed by atoms with Gasteiger partial charge in [0, 0.05) is 5.92 Å². The van der Waals surface area contributed by atoms with E-state index in [-0.39, 0.29) is 11.5 Å². The molecule has 1 rings (SSSR count). The molecule has 0 spiro atoms. The van der Waals surface area contributed by atoms with Gasteiger partial charge >= 0.3 is 0 Å². The molecule has 0 unspecified atom stereocenters. The van der Waals surface area contributed by atoms with Crippen LogP contribution in [0.5, 0.6) is 0 Å². The zero-order valence-corrected chi connectivity index (χ0v) is 10.7. The highest BCUT2D eigenvalue weighted by Gasteiger charge is 2.42. The second-order valence-electron chi connectivity index (χ2n) is 4.95. The predicted octanol–water partition coefficient (Wildman–Crippen LogP) is 2.87. The van der Waals surface area contributed by atoms with Crippen molar-refractivity contribution in [2.24, 2.45) is 5.92 Å². The largest absolute Gasteiger partial charge is 0.297 e. The second kappa shape index (κ2) is 5.11. The lowest BCUT2D eigenvalue weighted by Gasteiger charge is -2.40. The zero-order chi connectivity index (χ0) is 11.5.